The monoisotopic (exact) mass is 354 g/mol. The second-order valence-electron chi connectivity index (χ2n) is 4.64. The molecule has 0 aliphatic heterocycles. The van der Waals surface area contributed by atoms with Crippen molar-refractivity contribution >= 4 is 34.9 Å². The fraction of sp³-hybridized carbons (Fsp3) is 0.438. The van der Waals surface area contributed by atoms with E-state index >= 15 is 0 Å². The smallest absolute Gasteiger partial charge is 0.306 e. The van der Waals surface area contributed by atoms with Gasteiger partial charge in [-0.3, -0.25) is 9.59 Å². The number of ether oxygens (including phenoxy) is 3. The van der Waals surface area contributed by atoms with Gasteiger partial charge in [-0.1, -0.05) is 12.1 Å². The molecular weight excluding hydrogens is 332 g/mol. The molecule has 0 saturated heterocycles. The second kappa shape index (κ2) is 11.4. The minimum absolute atomic E-state index is 0.0132. The van der Waals surface area contributed by atoms with Gasteiger partial charge in [0.1, 0.15) is 12.4 Å². The number of hydrogen-bond donors (Lipinski definition) is 2. The second-order valence-corrected chi connectivity index (χ2v) is 5.05. The molecule has 0 spiro atoms. The van der Waals surface area contributed by atoms with Crippen LogP contribution in [0.4, 0.5) is 5.69 Å². The Balaban J connectivity index is 2.37. The Morgan fingerprint density at radius 3 is 2.62 bits per heavy atom. The van der Waals surface area contributed by atoms with Crippen LogP contribution < -0.4 is 15.4 Å². The molecule has 0 aliphatic carbocycles. The largest absolute Gasteiger partial charge is 0.492 e. The number of rotatable bonds is 9. The maximum absolute atomic E-state index is 11.8. The molecule has 0 aliphatic rings. The van der Waals surface area contributed by atoms with Crippen molar-refractivity contribution < 1.29 is 23.8 Å². The SMILES string of the molecule is CCOc1ccccc1NC(=S)NC(=O)CCC(=O)OCCOC. The molecule has 0 unspecified atom stereocenters. The van der Waals surface area contributed by atoms with Crippen molar-refractivity contribution in [1.29, 1.82) is 0 Å². The van der Waals surface area contributed by atoms with Gasteiger partial charge in [0.25, 0.3) is 0 Å². The number of carbonyl (C=O) groups is 2. The summed E-state index contributed by atoms with van der Waals surface area (Å²) in [5, 5.41) is 5.55. The van der Waals surface area contributed by atoms with Gasteiger partial charge in [-0.15, -0.1) is 0 Å². The highest BCUT2D eigenvalue weighted by Crippen LogP contribution is 2.23. The molecular formula is C16H22N2O5S. The molecule has 1 amide bonds. The predicted octanol–water partition coefficient (Wildman–Crippen LogP) is 1.87. The number of thiocarbonyl (C=S) groups is 1. The Labute approximate surface area is 146 Å². The molecule has 2 N–H and O–H groups in total. The first kappa shape index (κ1) is 19.9. The number of carbonyl (C=O) groups excluding carboxylic acids is 2. The van der Waals surface area contributed by atoms with E-state index in [0.29, 0.717) is 24.7 Å². The van der Waals surface area contributed by atoms with Gasteiger partial charge in [-0.05, 0) is 31.3 Å². The molecule has 0 aromatic heterocycles. The third-order valence-corrected chi connectivity index (χ3v) is 3.00. The van der Waals surface area contributed by atoms with E-state index in [0.717, 1.165) is 0 Å². The molecule has 7 nitrogen and oxygen atoms in total. The summed E-state index contributed by atoms with van der Waals surface area (Å²) in [5.74, 6) is -0.189. The lowest BCUT2D eigenvalue weighted by molar-refractivity contribution is -0.146. The number of methoxy groups -OCH3 is 1. The van der Waals surface area contributed by atoms with Crippen LogP contribution in [0.2, 0.25) is 0 Å². The van der Waals surface area contributed by atoms with Crippen molar-refractivity contribution in [2.75, 3.05) is 32.2 Å². The number of anilines is 1. The van der Waals surface area contributed by atoms with Crippen molar-refractivity contribution in [1.82, 2.24) is 5.32 Å². The molecule has 0 fully saturated rings. The number of nitrogens with one attached hydrogen (secondary N) is 2. The number of esters is 1. The zero-order valence-electron chi connectivity index (χ0n) is 13.8. The van der Waals surface area contributed by atoms with E-state index in [4.69, 9.17) is 26.4 Å². The first-order valence-electron chi connectivity index (χ1n) is 7.54. The fourth-order valence-corrected chi connectivity index (χ4v) is 1.94. The van der Waals surface area contributed by atoms with Gasteiger partial charge < -0.3 is 24.8 Å². The highest BCUT2D eigenvalue weighted by Gasteiger charge is 2.11. The summed E-state index contributed by atoms with van der Waals surface area (Å²) in [6.07, 6.45) is -0.0333. The summed E-state index contributed by atoms with van der Waals surface area (Å²) >= 11 is 5.09. The Kier molecular flexibility index (Phi) is 9.40. The van der Waals surface area contributed by atoms with E-state index in [2.05, 4.69) is 10.6 Å². The van der Waals surface area contributed by atoms with Gasteiger partial charge in [0.15, 0.2) is 5.11 Å². The quantitative estimate of drug-likeness (QED) is 0.398. The van der Waals surface area contributed by atoms with Gasteiger partial charge in [0.2, 0.25) is 5.91 Å². The summed E-state index contributed by atoms with van der Waals surface area (Å²) in [7, 11) is 1.51. The number of amides is 1. The van der Waals surface area contributed by atoms with Crippen LogP contribution in [0.1, 0.15) is 19.8 Å². The highest BCUT2D eigenvalue weighted by molar-refractivity contribution is 7.80. The van der Waals surface area contributed by atoms with Gasteiger partial charge in [0, 0.05) is 13.5 Å². The molecule has 0 radical (unpaired) electrons. The van der Waals surface area contributed by atoms with Crippen molar-refractivity contribution in [3.63, 3.8) is 0 Å². The molecule has 1 aromatic rings. The Bertz CT molecular complexity index is 565. The number of benzene rings is 1. The van der Waals surface area contributed by atoms with Crippen LogP contribution in [-0.4, -0.2) is 43.9 Å². The lowest BCUT2D eigenvalue weighted by Crippen LogP contribution is -2.34. The summed E-state index contributed by atoms with van der Waals surface area (Å²) in [5.41, 5.74) is 0.656. The van der Waals surface area contributed by atoms with E-state index in [1.807, 2.05) is 19.1 Å². The van der Waals surface area contributed by atoms with E-state index in [1.165, 1.54) is 7.11 Å². The lowest BCUT2D eigenvalue weighted by atomic mass is 10.3. The first-order chi connectivity index (χ1) is 11.6. The van der Waals surface area contributed by atoms with Gasteiger partial charge in [-0.25, -0.2) is 0 Å². The van der Waals surface area contributed by atoms with E-state index in [9.17, 15) is 9.59 Å². The molecule has 0 bridgehead atoms. The Hall–Kier alpha value is -2.19. The van der Waals surface area contributed by atoms with Crippen molar-refractivity contribution in [2.24, 2.45) is 0 Å². The van der Waals surface area contributed by atoms with Crippen molar-refractivity contribution in [3.8, 4) is 5.75 Å². The number of para-hydroxylation sites is 2. The molecule has 24 heavy (non-hydrogen) atoms. The molecule has 1 rings (SSSR count). The van der Waals surface area contributed by atoms with Gasteiger partial charge in [0.05, 0.1) is 25.3 Å². The summed E-state index contributed by atoms with van der Waals surface area (Å²) in [6, 6.07) is 7.25. The number of hydrogen-bond acceptors (Lipinski definition) is 6. The van der Waals surface area contributed by atoms with E-state index in [-0.39, 0.29) is 30.5 Å². The average molecular weight is 354 g/mol. The van der Waals surface area contributed by atoms with Gasteiger partial charge in [-0.2, -0.15) is 0 Å². The first-order valence-corrected chi connectivity index (χ1v) is 7.94. The van der Waals surface area contributed by atoms with Crippen LogP contribution in [0, 0.1) is 0 Å². The molecule has 0 saturated carbocycles. The molecule has 132 valence electrons. The van der Waals surface area contributed by atoms with Crippen LogP contribution in [0.25, 0.3) is 0 Å². The molecule has 0 heterocycles. The third kappa shape index (κ3) is 7.89. The van der Waals surface area contributed by atoms with Crippen LogP contribution in [0.3, 0.4) is 0 Å². The average Bonchev–Trinajstić information content (AvgIpc) is 2.55. The van der Waals surface area contributed by atoms with Gasteiger partial charge >= 0.3 is 5.97 Å². The lowest BCUT2D eigenvalue weighted by Gasteiger charge is -2.13. The van der Waals surface area contributed by atoms with E-state index in [1.54, 1.807) is 12.1 Å². The Morgan fingerprint density at radius 2 is 1.92 bits per heavy atom. The van der Waals surface area contributed by atoms with Crippen LogP contribution in [0.5, 0.6) is 5.75 Å². The topological polar surface area (TPSA) is 85.9 Å². The minimum atomic E-state index is -0.456. The predicted molar refractivity (Wildman–Crippen MR) is 94.0 cm³/mol. The standard InChI is InChI=1S/C16H22N2O5S/c1-3-22-13-7-5-4-6-12(13)17-16(24)18-14(19)8-9-15(20)23-11-10-21-2/h4-7H,3,8-11H2,1-2H3,(H2,17,18,19,24). The normalized spacial score (nSPS) is 9.92. The van der Waals surface area contributed by atoms with Crippen LogP contribution in [-0.2, 0) is 19.1 Å². The maximum atomic E-state index is 11.8. The third-order valence-electron chi connectivity index (χ3n) is 2.79. The molecule has 0 atom stereocenters. The zero-order valence-corrected chi connectivity index (χ0v) is 14.6. The Morgan fingerprint density at radius 1 is 1.17 bits per heavy atom. The summed E-state index contributed by atoms with van der Waals surface area (Å²) in [6.45, 7) is 2.89. The molecule has 8 heteroatoms. The summed E-state index contributed by atoms with van der Waals surface area (Å²) < 4.78 is 15.1. The van der Waals surface area contributed by atoms with Crippen molar-refractivity contribution in [3.05, 3.63) is 24.3 Å². The minimum Gasteiger partial charge on any atom is -0.492 e. The molecule has 1 aromatic carbocycles. The summed E-state index contributed by atoms with van der Waals surface area (Å²) in [4.78, 5) is 23.2. The van der Waals surface area contributed by atoms with E-state index < -0.39 is 5.97 Å². The fourth-order valence-electron chi connectivity index (χ4n) is 1.72. The zero-order chi connectivity index (χ0) is 17.8. The van der Waals surface area contributed by atoms with Crippen LogP contribution >= 0.6 is 12.2 Å². The van der Waals surface area contributed by atoms with Crippen LogP contribution in [0.15, 0.2) is 24.3 Å². The van der Waals surface area contributed by atoms with Crippen molar-refractivity contribution in [2.45, 2.75) is 19.8 Å². The maximum Gasteiger partial charge on any atom is 0.306 e. The highest BCUT2D eigenvalue weighted by atomic mass is 32.1.